The number of carbonyl (C=O) groups excluding carboxylic acids is 1. The van der Waals surface area contributed by atoms with E-state index in [1.165, 1.54) is 14.0 Å². The molecule has 9 nitrogen and oxygen atoms in total. The third kappa shape index (κ3) is 4.30. The number of nitrogens with zero attached hydrogens (tertiary/aromatic N) is 2. The van der Waals surface area contributed by atoms with E-state index in [-0.39, 0.29) is 17.8 Å². The number of halogens is 4. The Labute approximate surface area is 190 Å². The summed E-state index contributed by atoms with van der Waals surface area (Å²) in [5, 5.41) is 10.1. The molecule has 182 valence electrons. The van der Waals surface area contributed by atoms with Crippen molar-refractivity contribution in [3.63, 3.8) is 0 Å². The molecular formula is C20H22ClF3N2O7. The number of hydrogen-bond acceptors (Lipinski definition) is 6. The van der Waals surface area contributed by atoms with Gasteiger partial charge in [0, 0.05) is 31.7 Å². The fourth-order valence-electron chi connectivity index (χ4n) is 3.65. The molecule has 3 atom stereocenters. The minimum atomic E-state index is -3.18. The Morgan fingerprint density at radius 3 is 2.42 bits per heavy atom. The summed E-state index contributed by atoms with van der Waals surface area (Å²) in [5.41, 5.74) is -7.68. The molecule has 2 rings (SSSR count). The van der Waals surface area contributed by atoms with Gasteiger partial charge in [0.2, 0.25) is 5.60 Å². The minimum Gasteiger partial charge on any atom is -0.479 e. The second-order valence-electron chi connectivity index (χ2n) is 7.45. The molecule has 1 aliphatic rings. The third-order valence-electron chi connectivity index (χ3n) is 5.42. The van der Waals surface area contributed by atoms with Gasteiger partial charge in [-0.1, -0.05) is 6.92 Å². The van der Waals surface area contributed by atoms with Crippen LogP contribution in [0.2, 0.25) is 0 Å². The molecule has 0 fully saturated rings. The lowest BCUT2D eigenvalue weighted by Gasteiger charge is -2.44. The lowest BCUT2D eigenvalue weighted by atomic mass is 9.73. The molecule has 0 radical (unpaired) electrons. The summed E-state index contributed by atoms with van der Waals surface area (Å²) in [5.74, 6) is -4.35. The van der Waals surface area contributed by atoms with Crippen LogP contribution in [0.3, 0.4) is 0 Å². The van der Waals surface area contributed by atoms with E-state index in [4.69, 9.17) is 21.1 Å². The predicted molar refractivity (Wildman–Crippen MR) is 111 cm³/mol. The second kappa shape index (κ2) is 9.65. The van der Waals surface area contributed by atoms with Gasteiger partial charge in [-0.05, 0) is 13.0 Å². The molecule has 3 unspecified atom stereocenters. The maximum Gasteiger partial charge on any atom is 0.342 e. The summed E-state index contributed by atoms with van der Waals surface area (Å²) < 4.78 is 53.0. The van der Waals surface area contributed by atoms with Gasteiger partial charge >= 0.3 is 11.7 Å². The molecule has 1 N–H and O–H groups in total. The molecule has 0 saturated heterocycles. The van der Waals surface area contributed by atoms with Crippen molar-refractivity contribution in [2.75, 3.05) is 20.3 Å². The van der Waals surface area contributed by atoms with E-state index >= 15 is 4.39 Å². The number of allylic oxidation sites excluding steroid dienone is 2. The van der Waals surface area contributed by atoms with E-state index in [1.807, 2.05) is 0 Å². The summed E-state index contributed by atoms with van der Waals surface area (Å²) in [7, 11) is 2.25. The highest BCUT2D eigenvalue weighted by atomic mass is 35.5. The lowest BCUT2D eigenvalue weighted by molar-refractivity contribution is -0.164. The van der Waals surface area contributed by atoms with Gasteiger partial charge in [0.15, 0.2) is 0 Å². The highest BCUT2D eigenvalue weighted by molar-refractivity contribution is 6.29. The average Bonchev–Trinajstić information content (AvgIpc) is 2.72. The number of carboxylic acids is 1. The first-order valence-corrected chi connectivity index (χ1v) is 9.91. The van der Waals surface area contributed by atoms with Gasteiger partial charge in [0.1, 0.15) is 17.0 Å². The maximum absolute atomic E-state index is 15.7. The van der Waals surface area contributed by atoms with Gasteiger partial charge < -0.3 is 19.4 Å². The Balaban J connectivity index is 3.00. The Morgan fingerprint density at radius 1 is 1.33 bits per heavy atom. The van der Waals surface area contributed by atoms with Crippen LogP contribution < -0.4 is 11.2 Å². The van der Waals surface area contributed by atoms with E-state index in [9.17, 15) is 33.1 Å². The zero-order chi connectivity index (χ0) is 25.3. The largest absolute Gasteiger partial charge is 0.479 e. The van der Waals surface area contributed by atoms with E-state index < -0.39 is 62.8 Å². The van der Waals surface area contributed by atoms with Gasteiger partial charge in [-0.3, -0.25) is 9.36 Å². The Hall–Kier alpha value is -2.70. The van der Waals surface area contributed by atoms with Crippen LogP contribution >= 0.6 is 11.6 Å². The first-order chi connectivity index (χ1) is 15.3. The summed E-state index contributed by atoms with van der Waals surface area (Å²) in [6, 6.07) is 0.422. The van der Waals surface area contributed by atoms with Gasteiger partial charge in [-0.25, -0.2) is 27.3 Å². The number of carbonyl (C=O) groups is 2. The highest BCUT2D eigenvalue weighted by Crippen LogP contribution is 2.50. The molecule has 0 aromatic carbocycles. The molecule has 33 heavy (non-hydrogen) atoms. The van der Waals surface area contributed by atoms with Crippen molar-refractivity contribution in [1.29, 1.82) is 0 Å². The van der Waals surface area contributed by atoms with E-state index in [2.05, 4.69) is 0 Å². The van der Waals surface area contributed by atoms with Crippen LogP contribution in [0.25, 0.3) is 5.70 Å². The Kier molecular flexibility index (Phi) is 7.77. The monoisotopic (exact) mass is 494 g/mol. The summed E-state index contributed by atoms with van der Waals surface area (Å²) >= 11 is 6.52. The van der Waals surface area contributed by atoms with Crippen LogP contribution in [0.15, 0.2) is 33.1 Å². The maximum atomic E-state index is 15.7. The number of hydrogen-bond donors (Lipinski definition) is 1. The molecule has 0 saturated carbocycles. The van der Waals surface area contributed by atoms with Gasteiger partial charge in [0.25, 0.3) is 12.0 Å². The third-order valence-corrected chi connectivity index (χ3v) is 5.91. The molecule has 0 amide bonds. The predicted octanol–water partition coefficient (Wildman–Crippen LogP) is 1.88. The fraction of sp³-hybridized carbons (Fsp3) is 0.500. The van der Waals surface area contributed by atoms with Crippen molar-refractivity contribution in [1.82, 2.24) is 9.13 Å². The zero-order valence-electron chi connectivity index (χ0n) is 18.1. The van der Waals surface area contributed by atoms with Crippen molar-refractivity contribution in [2.45, 2.75) is 30.7 Å². The number of carboxylic acid groups (broad SMARTS) is 1. The quantitative estimate of drug-likeness (QED) is 0.316. The second-order valence-corrected chi connectivity index (χ2v) is 8.21. The number of alkyl halides is 3. The standard InChI is InChI=1S/C20H22ClF3N2O7/c1-10(9-27)14-15(22)12(26-13(28)7-11(16(23)24)25(3)18(26)31)8-20(17(29)30,19(14,2)21)33-6-5-32-4/h7-10,16H,5-6H2,1-4H3,(H,29,30). The molecule has 1 heterocycles. The van der Waals surface area contributed by atoms with Crippen LogP contribution in [0.1, 0.15) is 26.0 Å². The number of aldehydes is 1. The van der Waals surface area contributed by atoms with Crippen molar-refractivity contribution in [2.24, 2.45) is 13.0 Å². The number of ether oxygens (including phenoxy) is 2. The van der Waals surface area contributed by atoms with Crippen LogP contribution in [-0.2, 0) is 26.1 Å². The smallest absolute Gasteiger partial charge is 0.342 e. The van der Waals surface area contributed by atoms with E-state index in [0.717, 1.165) is 14.0 Å². The molecule has 13 heteroatoms. The topological polar surface area (TPSA) is 117 Å². The van der Waals surface area contributed by atoms with Crippen LogP contribution in [0, 0.1) is 5.92 Å². The molecule has 1 aromatic rings. The molecule has 1 aliphatic carbocycles. The molecule has 1 aromatic heterocycles. The van der Waals surface area contributed by atoms with E-state index in [1.54, 1.807) is 0 Å². The van der Waals surface area contributed by atoms with Crippen molar-refractivity contribution in [3.05, 3.63) is 50.1 Å². The van der Waals surface area contributed by atoms with E-state index in [0.29, 0.717) is 23.0 Å². The summed E-state index contributed by atoms with van der Waals surface area (Å²) in [6.07, 6.45) is -2.27. The number of aliphatic carboxylic acids is 1. The first-order valence-electron chi connectivity index (χ1n) is 9.53. The summed E-state index contributed by atoms with van der Waals surface area (Å²) in [6.45, 7) is 1.89. The van der Waals surface area contributed by atoms with Crippen LogP contribution in [0.4, 0.5) is 13.2 Å². The van der Waals surface area contributed by atoms with Crippen molar-refractivity contribution < 1.29 is 37.3 Å². The van der Waals surface area contributed by atoms with Gasteiger partial charge in [-0.2, -0.15) is 0 Å². The highest BCUT2D eigenvalue weighted by Gasteiger charge is 2.60. The minimum absolute atomic E-state index is 0.0965. The summed E-state index contributed by atoms with van der Waals surface area (Å²) in [4.78, 5) is 47.1. The molecule has 0 spiro atoms. The number of methoxy groups -OCH3 is 1. The lowest BCUT2D eigenvalue weighted by Crippen LogP contribution is -2.59. The SMILES string of the molecule is COCCOC1(C(=O)O)C=C(n2c(=O)cc(C(F)F)n(C)c2=O)C(F)=C(C(C)C=O)C1(C)Cl. The molecule has 0 aliphatic heterocycles. The average molecular weight is 495 g/mol. The van der Waals surface area contributed by atoms with Gasteiger partial charge in [-0.15, -0.1) is 11.6 Å². The molecule has 0 bridgehead atoms. The fourth-order valence-corrected chi connectivity index (χ4v) is 4.10. The zero-order valence-corrected chi connectivity index (χ0v) is 18.9. The number of rotatable bonds is 9. The number of aromatic nitrogens is 2. The van der Waals surface area contributed by atoms with Crippen LogP contribution in [0.5, 0.6) is 0 Å². The normalized spacial score (nSPS) is 24.1. The Bertz CT molecular complexity index is 1140. The van der Waals surface area contributed by atoms with Crippen molar-refractivity contribution >= 4 is 29.6 Å². The first kappa shape index (κ1) is 26.6. The van der Waals surface area contributed by atoms with Crippen molar-refractivity contribution in [3.8, 4) is 0 Å². The molecular weight excluding hydrogens is 473 g/mol. The van der Waals surface area contributed by atoms with Crippen LogP contribution in [-0.4, -0.2) is 57.3 Å². The van der Waals surface area contributed by atoms with Gasteiger partial charge in [0.05, 0.1) is 24.6 Å². The Morgan fingerprint density at radius 2 is 1.94 bits per heavy atom.